The van der Waals surface area contributed by atoms with Gasteiger partial charge in [-0.05, 0) is 47.2 Å². The van der Waals surface area contributed by atoms with Gasteiger partial charge in [0.2, 0.25) is 5.91 Å². The summed E-state index contributed by atoms with van der Waals surface area (Å²) in [5.41, 5.74) is 1.10. The minimum atomic E-state index is -0.879. The predicted octanol–water partition coefficient (Wildman–Crippen LogP) is 4.07. The number of piperidine rings is 1. The van der Waals surface area contributed by atoms with Gasteiger partial charge in [-0.3, -0.25) is 9.59 Å². The second-order valence-electron chi connectivity index (χ2n) is 7.40. The fourth-order valence-electron chi connectivity index (χ4n) is 4.71. The number of amides is 1. The van der Waals surface area contributed by atoms with Crippen LogP contribution in [0, 0.1) is 11.3 Å². The Morgan fingerprint density at radius 3 is 2.64 bits per heavy atom. The summed E-state index contributed by atoms with van der Waals surface area (Å²) in [6, 6.07) is 14.5. The second kappa shape index (κ2) is 5.83. The Bertz CT molecular complexity index is 884. The smallest absolute Gasteiger partial charge is 0.236 e. The van der Waals surface area contributed by atoms with E-state index >= 15 is 0 Å². The number of benzene rings is 2. The third-order valence-corrected chi connectivity index (χ3v) is 6.09. The van der Waals surface area contributed by atoms with Crippen molar-refractivity contribution < 1.29 is 9.59 Å². The molecule has 1 amide bonds. The molecule has 1 saturated heterocycles. The standard InChI is InChI=1S/C22H23NO2/c1-15(17-10-9-16-6-3-4-7-18(16)14-17)19-11-13-23(2)21(25)22(19)12-5-8-20(22)24/h3-4,6-7,9-10,14,19H,1,5,8,11-13H2,2H3/t19-,22+/m0/s1. The van der Waals surface area contributed by atoms with Crippen LogP contribution in [-0.2, 0) is 9.59 Å². The number of hydrogen-bond acceptors (Lipinski definition) is 2. The van der Waals surface area contributed by atoms with Gasteiger partial charge in [0.15, 0.2) is 0 Å². The summed E-state index contributed by atoms with van der Waals surface area (Å²) in [6.07, 6.45) is 2.78. The van der Waals surface area contributed by atoms with Gasteiger partial charge in [-0.25, -0.2) is 0 Å². The van der Waals surface area contributed by atoms with E-state index in [1.807, 2.05) is 19.2 Å². The molecule has 1 aliphatic carbocycles. The highest BCUT2D eigenvalue weighted by atomic mass is 16.2. The topological polar surface area (TPSA) is 37.4 Å². The largest absolute Gasteiger partial charge is 0.345 e. The van der Waals surface area contributed by atoms with Crippen LogP contribution in [0.2, 0.25) is 0 Å². The lowest BCUT2D eigenvalue weighted by atomic mass is 9.64. The number of fused-ring (bicyclic) bond motifs is 1. The lowest BCUT2D eigenvalue weighted by Gasteiger charge is -2.43. The van der Waals surface area contributed by atoms with Crippen LogP contribution in [0.3, 0.4) is 0 Å². The van der Waals surface area contributed by atoms with Gasteiger partial charge in [-0.15, -0.1) is 0 Å². The third-order valence-electron chi connectivity index (χ3n) is 6.09. The van der Waals surface area contributed by atoms with E-state index in [4.69, 9.17) is 0 Å². The molecule has 2 aromatic rings. The Labute approximate surface area is 148 Å². The molecule has 0 unspecified atom stereocenters. The molecular weight excluding hydrogens is 310 g/mol. The molecule has 1 saturated carbocycles. The van der Waals surface area contributed by atoms with Crippen molar-refractivity contribution in [2.75, 3.05) is 13.6 Å². The van der Waals surface area contributed by atoms with E-state index in [0.29, 0.717) is 19.4 Å². The first-order chi connectivity index (χ1) is 12.0. The minimum Gasteiger partial charge on any atom is -0.345 e. The Balaban J connectivity index is 1.76. The summed E-state index contributed by atoms with van der Waals surface area (Å²) in [5.74, 6) is 0.0107. The monoisotopic (exact) mass is 333 g/mol. The Kier molecular flexibility index (Phi) is 3.75. The van der Waals surface area contributed by atoms with Gasteiger partial charge in [0.05, 0.1) is 0 Å². The van der Waals surface area contributed by atoms with Crippen LogP contribution in [0.25, 0.3) is 16.3 Å². The number of allylic oxidation sites excluding steroid dienone is 1. The van der Waals surface area contributed by atoms with Crippen LogP contribution in [0.15, 0.2) is 49.0 Å². The Morgan fingerprint density at radius 2 is 1.92 bits per heavy atom. The van der Waals surface area contributed by atoms with E-state index in [1.54, 1.807) is 4.90 Å². The molecule has 0 N–H and O–H groups in total. The van der Waals surface area contributed by atoms with Crippen molar-refractivity contribution in [3.63, 3.8) is 0 Å². The van der Waals surface area contributed by atoms with E-state index in [2.05, 4.69) is 36.9 Å². The molecule has 0 aromatic heterocycles. The van der Waals surface area contributed by atoms with Gasteiger partial charge in [0.1, 0.15) is 11.2 Å². The zero-order chi connectivity index (χ0) is 17.6. The first-order valence-corrected chi connectivity index (χ1v) is 9.01. The van der Waals surface area contributed by atoms with Gasteiger partial charge in [-0.2, -0.15) is 0 Å². The molecule has 1 heterocycles. The summed E-state index contributed by atoms with van der Waals surface area (Å²) in [6.45, 7) is 5.03. The van der Waals surface area contributed by atoms with E-state index < -0.39 is 5.41 Å². The number of hydrogen-bond donors (Lipinski definition) is 0. The molecule has 0 radical (unpaired) electrons. The maximum Gasteiger partial charge on any atom is 0.236 e. The quantitative estimate of drug-likeness (QED) is 0.777. The van der Waals surface area contributed by atoms with Crippen LogP contribution in [0.5, 0.6) is 0 Å². The number of nitrogens with zero attached hydrogens (tertiary/aromatic N) is 1. The fraction of sp³-hybridized carbons (Fsp3) is 0.364. The van der Waals surface area contributed by atoms with E-state index in [0.717, 1.165) is 29.4 Å². The zero-order valence-corrected chi connectivity index (χ0v) is 14.6. The average molecular weight is 333 g/mol. The van der Waals surface area contributed by atoms with Crippen molar-refractivity contribution in [1.82, 2.24) is 4.90 Å². The number of rotatable bonds is 2. The molecule has 3 nitrogen and oxygen atoms in total. The summed E-state index contributed by atoms with van der Waals surface area (Å²) < 4.78 is 0. The van der Waals surface area contributed by atoms with E-state index in [9.17, 15) is 9.59 Å². The maximum absolute atomic E-state index is 13.0. The van der Waals surface area contributed by atoms with Gasteiger partial charge in [0.25, 0.3) is 0 Å². The highest BCUT2D eigenvalue weighted by Gasteiger charge is 2.57. The van der Waals surface area contributed by atoms with Crippen LogP contribution in [0.4, 0.5) is 0 Å². The normalized spacial score (nSPS) is 26.6. The predicted molar refractivity (Wildman–Crippen MR) is 100 cm³/mol. The molecule has 2 aromatic carbocycles. The fourth-order valence-corrected chi connectivity index (χ4v) is 4.71. The molecule has 1 spiro atoms. The van der Waals surface area contributed by atoms with Crippen molar-refractivity contribution >= 4 is 28.0 Å². The Hall–Kier alpha value is -2.42. The lowest BCUT2D eigenvalue weighted by molar-refractivity contribution is -0.153. The molecule has 1 aliphatic heterocycles. The van der Waals surface area contributed by atoms with Crippen molar-refractivity contribution in [3.8, 4) is 0 Å². The van der Waals surface area contributed by atoms with Gasteiger partial charge in [-0.1, -0.05) is 43.0 Å². The lowest BCUT2D eigenvalue weighted by Crippen LogP contribution is -2.54. The number of likely N-dealkylation sites (tertiary alicyclic amines) is 1. The van der Waals surface area contributed by atoms with E-state index in [1.165, 1.54) is 5.39 Å². The van der Waals surface area contributed by atoms with Gasteiger partial charge >= 0.3 is 0 Å². The summed E-state index contributed by atoms with van der Waals surface area (Å²) in [4.78, 5) is 27.5. The molecule has 0 bridgehead atoms. The Morgan fingerprint density at radius 1 is 1.16 bits per heavy atom. The zero-order valence-electron chi connectivity index (χ0n) is 14.6. The molecule has 4 rings (SSSR count). The molecule has 2 aliphatic rings. The second-order valence-corrected chi connectivity index (χ2v) is 7.40. The van der Waals surface area contributed by atoms with Crippen LogP contribution < -0.4 is 0 Å². The van der Waals surface area contributed by atoms with Gasteiger partial charge in [0, 0.05) is 25.9 Å². The van der Waals surface area contributed by atoms with Crippen molar-refractivity contribution in [2.24, 2.45) is 11.3 Å². The molecule has 128 valence electrons. The number of ketones is 1. The highest BCUT2D eigenvalue weighted by Crippen LogP contribution is 2.51. The molecule has 25 heavy (non-hydrogen) atoms. The van der Waals surface area contributed by atoms with Crippen LogP contribution in [0.1, 0.15) is 31.2 Å². The third kappa shape index (κ3) is 2.33. The number of Topliss-reactive ketones (excluding diaryl/α,β-unsaturated/α-hetero) is 1. The summed E-state index contributed by atoms with van der Waals surface area (Å²) >= 11 is 0. The maximum atomic E-state index is 13.0. The number of carbonyl (C=O) groups excluding carboxylic acids is 2. The first kappa shape index (κ1) is 16.1. The van der Waals surface area contributed by atoms with E-state index in [-0.39, 0.29) is 17.6 Å². The number of carbonyl (C=O) groups is 2. The van der Waals surface area contributed by atoms with Gasteiger partial charge < -0.3 is 4.90 Å². The van der Waals surface area contributed by atoms with Crippen LogP contribution in [-0.4, -0.2) is 30.2 Å². The van der Waals surface area contributed by atoms with Crippen molar-refractivity contribution in [2.45, 2.75) is 25.7 Å². The molecule has 2 atom stereocenters. The average Bonchev–Trinajstić information content (AvgIpc) is 3.01. The molecule has 2 fully saturated rings. The van der Waals surface area contributed by atoms with Crippen molar-refractivity contribution in [1.29, 1.82) is 0 Å². The SMILES string of the molecule is C=C(c1ccc2ccccc2c1)[C@@H]1CCN(C)C(=O)[C@]12CCCC2=O. The minimum absolute atomic E-state index is 0.00631. The van der Waals surface area contributed by atoms with Crippen molar-refractivity contribution in [3.05, 3.63) is 54.6 Å². The summed E-state index contributed by atoms with van der Waals surface area (Å²) in [5, 5.41) is 2.34. The van der Waals surface area contributed by atoms with Crippen LogP contribution >= 0.6 is 0 Å². The summed E-state index contributed by atoms with van der Waals surface area (Å²) in [7, 11) is 1.81. The molecule has 3 heteroatoms. The first-order valence-electron chi connectivity index (χ1n) is 9.01. The molecular formula is C22H23NO2. The highest BCUT2D eigenvalue weighted by molar-refractivity contribution is 6.09.